The van der Waals surface area contributed by atoms with Crippen LogP contribution in [-0.2, 0) is 4.79 Å². The predicted molar refractivity (Wildman–Crippen MR) is 98.2 cm³/mol. The molecular formula is C19H16FN3O2S. The molecule has 3 rings (SSSR count). The van der Waals surface area contributed by atoms with Crippen molar-refractivity contribution in [2.45, 2.75) is 13.0 Å². The zero-order chi connectivity index (χ0) is 18.7. The molecule has 0 aromatic heterocycles. The first-order valence-corrected chi connectivity index (χ1v) is 9.11. The molecule has 5 nitrogen and oxygen atoms in total. The van der Waals surface area contributed by atoms with E-state index in [1.54, 1.807) is 37.3 Å². The number of nitrogens with one attached hydrogen (secondary N) is 1. The first-order chi connectivity index (χ1) is 12.5. The van der Waals surface area contributed by atoms with Crippen LogP contribution in [0, 0.1) is 24.1 Å². The molecule has 0 aliphatic carbocycles. The summed E-state index contributed by atoms with van der Waals surface area (Å²) in [5.41, 5.74) is 1.99. The van der Waals surface area contributed by atoms with Crippen molar-refractivity contribution >= 4 is 29.3 Å². The quantitative estimate of drug-likeness (QED) is 0.902. The zero-order valence-corrected chi connectivity index (χ0v) is 14.8. The second kappa shape index (κ2) is 7.58. The van der Waals surface area contributed by atoms with E-state index >= 15 is 0 Å². The lowest BCUT2D eigenvalue weighted by molar-refractivity contribution is -0.119. The van der Waals surface area contributed by atoms with Gasteiger partial charge in [-0.2, -0.15) is 5.26 Å². The number of amides is 2. The van der Waals surface area contributed by atoms with Gasteiger partial charge < -0.3 is 10.2 Å². The van der Waals surface area contributed by atoms with E-state index in [2.05, 4.69) is 5.32 Å². The Kier molecular flexibility index (Phi) is 5.24. The average molecular weight is 369 g/mol. The van der Waals surface area contributed by atoms with Gasteiger partial charge in [0, 0.05) is 17.0 Å². The minimum Gasteiger partial charge on any atom is -0.324 e. The third-order valence-corrected chi connectivity index (χ3v) is 5.17. The zero-order valence-electron chi connectivity index (χ0n) is 14.0. The number of rotatable bonds is 3. The number of carbonyl (C=O) groups is 2. The molecule has 1 heterocycles. The fourth-order valence-corrected chi connectivity index (χ4v) is 3.85. The van der Waals surface area contributed by atoms with Gasteiger partial charge in [-0.05, 0) is 48.9 Å². The first-order valence-electron chi connectivity index (χ1n) is 7.95. The smallest absolute Gasteiger partial charge is 0.255 e. The Bertz CT molecular complexity index is 893. The molecule has 0 spiro atoms. The van der Waals surface area contributed by atoms with Gasteiger partial charge in [-0.3, -0.25) is 9.59 Å². The van der Waals surface area contributed by atoms with E-state index < -0.39 is 11.9 Å². The molecule has 0 bridgehead atoms. The summed E-state index contributed by atoms with van der Waals surface area (Å²) in [7, 11) is 0. The molecule has 2 aromatic rings. The average Bonchev–Trinajstić information content (AvgIpc) is 3.13. The van der Waals surface area contributed by atoms with Crippen LogP contribution < -0.4 is 5.32 Å². The summed E-state index contributed by atoms with van der Waals surface area (Å²) >= 11 is 1.48. The Morgan fingerprint density at radius 2 is 2.00 bits per heavy atom. The van der Waals surface area contributed by atoms with Crippen molar-refractivity contribution in [3.05, 3.63) is 65.0 Å². The molecule has 1 unspecified atom stereocenters. The molecule has 2 amide bonds. The predicted octanol–water partition coefficient (Wildman–Crippen LogP) is 3.16. The number of aryl methyl sites for hydroxylation is 1. The highest BCUT2D eigenvalue weighted by Gasteiger charge is 2.35. The van der Waals surface area contributed by atoms with E-state index in [1.165, 1.54) is 28.8 Å². The monoisotopic (exact) mass is 369 g/mol. The van der Waals surface area contributed by atoms with Crippen molar-refractivity contribution in [1.82, 2.24) is 4.90 Å². The van der Waals surface area contributed by atoms with Gasteiger partial charge in [0.25, 0.3) is 5.91 Å². The summed E-state index contributed by atoms with van der Waals surface area (Å²) in [5, 5.41) is 11.6. The molecule has 26 heavy (non-hydrogen) atoms. The maximum Gasteiger partial charge on any atom is 0.255 e. The molecule has 7 heteroatoms. The van der Waals surface area contributed by atoms with Gasteiger partial charge in [-0.15, -0.1) is 11.8 Å². The molecule has 2 aromatic carbocycles. The summed E-state index contributed by atoms with van der Waals surface area (Å²) in [5.74, 6) is -0.291. The minimum atomic E-state index is -0.634. The number of thioether (sulfide) groups is 1. The fraction of sp³-hybridized carbons (Fsp3) is 0.211. The number of halogens is 1. The van der Waals surface area contributed by atoms with Gasteiger partial charge in [0.05, 0.1) is 17.5 Å². The summed E-state index contributed by atoms with van der Waals surface area (Å²) in [6.07, 6.45) is 0. The van der Waals surface area contributed by atoms with Crippen molar-refractivity contribution in [1.29, 1.82) is 5.26 Å². The topological polar surface area (TPSA) is 73.2 Å². The number of carbonyl (C=O) groups excluding carboxylic acids is 2. The lowest BCUT2D eigenvalue weighted by Crippen LogP contribution is -2.44. The minimum absolute atomic E-state index is 0.267. The van der Waals surface area contributed by atoms with Crippen molar-refractivity contribution in [3.63, 3.8) is 0 Å². The largest absolute Gasteiger partial charge is 0.324 e. The molecule has 1 atom stereocenters. The number of nitrogens with zero attached hydrogens (tertiary/aromatic N) is 2. The number of anilines is 1. The van der Waals surface area contributed by atoms with E-state index in [9.17, 15) is 14.0 Å². The van der Waals surface area contributed by atoms with E-state index in [-0.39, 0.29) is 17.4 Å². The van der Waals surface area contributed by atoms with Crippen LogP contribution in [-0.4, -0.2) is 34.4 Å². The van der Waals surface area contributed by atoms with Crippen LogP contribution in [0.5, 0.6) is 0 Å². The SMILES string of the molecule is Cc1ccc(F)cc1C(=O)N1CSCC1C(=O)Nc1ccc(C#N)cc1. The fourth-order valence-electron chi connectivity index (χ4n) is 2.69. The number of hydrogen-bond donors (Lipinski definition) is 1. The Morgan fingerprint density at radius 3 is 2.69 bits per heavy atom. The van der Waals surface area contributed by atoms with Crippen molar-refractivity contribution in [3.8, 4) is 6.07 Å². The molecule has 132 valence electrons. The van der Waals surface area contributed by atoms with Gasteiger partial charge in [0.2, 0.25) is 5.91 Å². The van der Waals surface area contributed by atoms with E-state index in [4.69, 9.17) is 5.26 Å². The highest BCUT2D eigenvalue weighted by Crippen LogP contribution is 2.25. The first kappa shape index (κ1) is 18.0. The Hall–Kier alpha value is -2.85. The van der Waals surface area contributed by atoms with E-state index in [0.717, 1.165) is 0 Å². The normalized spacial score (nSPS) is 16.2. The number of nitriles is 1. The van der Waals surface area contributed by atoms with Crippen molar-refractivity contribution in [2.75, 3.05) is 16.9 Å². The Labute approximate surface area is 154 Å². The highest BCUT2D eigenvalue weighted by atomic mass is 32.2. The molecule has 1 saturated heterocycles. The number of benzene rings is 2. The molecule has 1 N–H and O–H groups in total. The van der Waals surface area contributed by atoms with Crippen LogP contribution in [0.15, 0.2) is 42.5 Å². The molecule has 0 saturated carbocycles. The molecular weight excluding hydrogens is 353 g/mol. The van der Waals surface area contributed by atoms with Crippen LogP contribution in [0.25, 0.3) is 0 Å². The summed E-state index contributed by atoms with van der Waals surface area (Å²) < 4.78 is 13.5. The van der Waals surface area contributed by atoms with Crippen molar-refractivity contribution in [2.24, 2.45) is 0 Å². The third-order valence-electron chi connectivity index (χ3n) is 4.16. The van der Waals surface area contributed by atoms with Gasteiger partial charge in [0.15, 0.2) is 0 Å². The lowest BCUT2D eigenvalue weighted by Gasteiger charge is -2.24. The standard InChI is InChI=1S/C19H16FN3O2S/c1-12-2-5-14(20)8-16(12)19(25)23-11-26-10-17(23)18(24)22-15-6-3-13(9-21)4-7-15/h2-8,17H,10-11H2,1H3,(H,22,24). The summed E-state index contributed by atoms with van der Waals surface area (Å²) in [6.45, 7) is 1.74. The lowest BCUT2D eigenvalue weighted by atomic mass is 10.1. The Morgan fingerprint density at radius 1 is 1.27 bits per heavy atom. The second-order valence-electron chi connectivity index (χ2n) is 5.93. The maximum atomic E-state index is 13.5. The molecule has 1 aliphatic rings. The van der Waals surface area contributed by atoms with Crippen LogP contribution >= 0.6 is 11.8 Å². The maximum absolute atomic E-state index is 13.5. The van der Waals surface area contributed by atoms with Crippen LogP contribution in [0.4, 0.5) is 10.1 Å². The number of hydrogen-bond acceptors (Lipinski definition) is 4. The molecule has 1 fully saturated rings. The van der Waals surface area contributed by atoms with Crippen molar-refractivity contribution < 1.29 is 14.0 Å². The molecule has 0 radical (unpaired) electrons. The second-order valence-corrected chi connectivity index (χ2v) is 6.93. The van der Waals surface area contributed by atoms with E-state index in [0.29, 0.717) is 28.4 Å². The van der Waals surface area contributed by atoms with Crippen LogP contribution in [0.3, 0.4) is 0 Å². The van der Waals surface area contributed by atoms with Gasteiger partial charge in [0.1, 0.15) is 11.9 Å². The van der Waals surface area contributed by atoms with Gasteiger partial charge >= 0.3 is 0 Å². The third kappa shape index (κ3) is 3.70. The van der Waals surface area contributed by atoms with Crippen LogP contribution in [0.1, 0.15) is 21.5 Å². The van der Waals surface area contributed by atoms with Crippen LogP contribution in [0.2, 0.25) is 0 Å². The highest BCUT2D eigenvalue weighted by molar-refractivity contribution is 7.99. The van der Waals surface area contributed by atoms with E-state index in [1.807, 2.05) is 6.07 Å². The van der Waals surface area contributed by atoms with Gasteiger partial charge in [-0.25, -0.2) is 4.39 Å². The summed E-state index contributed by atoms with van der Waals surface area (Å²) in [4.78, 5) is 26.9. The van der Waals surface area contributed by atoms with Gasteiger partial charge in [-0.1, -0.05) is 6.07 Å². The Balaban J connectivity index is 1.76. The molecule has 1 aliphatic heterocycles. The summed E-state index contributed by atoms with van der Waals surface area (Å²) in [6, 6.07) is 11.9.